The number of likely N-dealkylation sites (tertiary alicyclic amines) is 1. The summed E-state index contributed by atoms with van der Waals surface area (Å²) in [4.78, 5) is 19.4. The van der Waals surface area contributed by atoms with Crippen molar-refractivity contribution >= 4 is 54.8 Å². The van der Waals surface area contributed by atoms with E-state index in [0.717, 1.165) is 29.8 Å². The third-order valence-electron chi connectivity index (χ3n) is 4.49. The Kier molecular flexibility index (Phi) is 5.25. The van der Waals surface area contributed by atoms with E-state index < -0.39 is 11.9 Å². The van der Waals surface area contributed by atoms with Crippen LogP contribution in [-0.2, 0) is 6.18 Å². The van der Waals surface area contributed by atoms with Crippen LogP contribution in [0.3, 0.4) is 0 Å². The number of rotatable bonds is 2. The van der Waals surface area contributed by atoms with Gasteiger partial charge in [-0.15, -0.1) is 11.3 Å². The Hall–Kier alpha value is -1.46. The molecule has 1 saturated heterocycles. The van der Waals surface area contributed by atoms with Gasteiger partial charge >= 0.3 is 6.18 Å². The number of hydrogen-bond donors (Lipinski definition) is 0. The lowest BCUT2D eigenvalue weighted by Gasteiger charge is -2.25. The maximum atomic E-state index is 13.7. The summed E-state index contributed by atoms with van der Waals surface area (Å²) in [5.74, 6) is -0.384. The monoisotopic (exact) mass is 536 g/mol. The first kappa shape index (κ1) is 19.8. The van der Waals surface area contributed by atoms with Gasteiger partial charge in [-0.05, 0) is 63.3 Å². The molecule has 0 aliphatic carbocycles. The first-order valence-electron chi connectivity index (χ1n) is 8.46. The van der Waals surface area contributed by atoms with Gasteiger partial charge in [0.25, 0.3) is 5.91 Å². The van der Waals surface area contributed by atoms with Gasteiger partial charge in [-0.3, -0.25) is 4.79 Å². The highest BCUT2D eigenvalue weighted by atomic mass is 79.9. The minimum atomic E-state index is -4.65. The number of aromatic nitrogens is 3. The molecule has 0 spiro atoms. The van der Waals surface area contributed by atoms with Gasteiger partial charge in [0.15, 0.2) is 17.0 Å². The minimum absolute atomic E-state index is 0.0327. The second-order valence-corrected chi connectivity index (χ2v) is 9.02. The summed E-state index contributed by atoms with van der Waals surface area (Å²) < 4.78 is 42.8. The zero-order valence-electron chi connectivity index (χ0n) is 14.3. The molecule has 0 bridgehead atoms. The summed E-state index contributed by atoms with van der Waals surface area (Å²) >= 11 is 7.84. The summed E-state index contributed by atoms with van der Waals surface area (Å²) in [5, 5.41) is 5.75. The summed E-state index contributed by atoms with van der Waals surface area (Å²) in [7, 11) is 0. The van der Waals surface area contributed by atoms with Gasteiger partial charge in [0.1, 0.15) is 0 Å². The van der Waals surface area contributed by atoms with E-state index in [1.165, 1.54) is 11.3 Å². The van der Waals surface area contributed by atoms with Crippen LogP contribution < -0.4 is 0 Å². The highest BCUT2D eigenvalue weighted by Gasteiger charge is 2.37. The topological polar surface area (TPSA) is 50.5 Å². The average molecular weight is 538 g/mol. The lowest BCUT2D eigenvalue weighted by Crippen LogP contribution is -2.36. The maximum absolute atomic E-state index is 13.7. The number of nitrogens with zero attached hydrogens (tertiary/aromatic N) is 4. The molecule has 0 radical (unpaired) electrons. The SMILES string of the molecule is O=C(c1nn2c(C(F)(F)F)cc(-c3cc(Br)cs3)nc2c1Br)N1CCCCC1. The number of alkyl halides is 3. The highest BCUT2D eigenvalue weighted by molar-refractivity contribution is 9.11. The molecule has 3 aromatic rings. The maximum Gasteiger partial charge on any atom is 0.433 e. The predicted molar refractivity (Wildman–Crippen MR) is 106 cm³/mol. The van der Waals surface area contributed by atoms with E-state index >= 15 is 0 Å². The number of halogens is 5. The zero-order chi connectivity index (χ0) is 20.1. The molecule has 0 aromatic carbocycles. The number of thiophene rings is 1. The van der Waals surface area contributed by atoms with Crippen LogP contribution in [0.25, 0.3) is 16.2 Å². The number of piperidine rings is 1. The minimum Gasteiger partial charge on any atom is -0.337 e. The molecule has 0 atom stereocenters. The van der Waals surface area contributed by atoms with Crippen molar-refractivity contribution in [2.45, 2.75) is 25.4 Å². The zero-order valence-corrected chi connectivity index (χ0v) is 18.3. The predicted octanol–water partition coefficient (Wildman–Crippen LogP) is 5.63. The molecule has 5 nitrogen and oxygen atoms in total. The van der Waals surface area contributed by atoms with Crippen molar-refractivity contribution in [2.75, 3.05) is 13.1 Å². The Bertz CT molecular complexity index is 1060. The molecule has 0 N–H and O–H groups in total. The van der Waals surface area contributed by atoms with Gasteiger partial charge in [0.2, 0.25) is 0 Å². The van der Waals surface area contributed by atoms with Gasteiger partial charge < -0.3 is 4.90 Å². The van der Waals surface area contributed by atoms with Crippen molar-refractivity contribution in [1.29, 1.82) is 0 Å². The molecule has 1 amide bonds. The van der Waals surface area contributed by atoms with Crippen LogP contribution in [-0.4, -0.2) is 38.5 Å². The number of carbonyl (C=O) groups excluding carboxylic acids is 1. The summed E-state index contributed by atoms with van der Waals surface area (Å²) in [6.45, 7) is 1.15. The molecule has 4 rings (SSSR count). The molecule has 148 valence electrons. The fourth-order valence-electron chi connectivity index (χ4n) is 3.15. The van der Waals surface area contributed by atoms with E-state index in [9.17, 15) is 18.0 Å². The second kappa shape index (κ2) is 7.42. The van der Waals surface area contributed by atoms with Gasteiger partial charge in [-0.2, -0.15) is 18.3 Å². The Balaban J connectivity index is 1.89. The number of hydrogen-bond acceptors (Lipinski definition) is 4. The Morgan fingerprint density at radius 2 is 1.86 bits per heavy atom. The van der Waals surface area contributed by atoms with Crippen molar-refractivity contribution in [3.63, 3.8) is 0 Å². The molecule has 0 unspecified atom stereocenters. The van der Waals surface area contributed by atoms with Gasteiger partial charge in [-0.25, -0.2) is 9.50 Å². The average Bonchev–Trinajstić information content (AvgIpc) is 3.24. The Labute approximate surface area is 178 Å². The van der Waals surface area contributed by atoms with Crippen molar-refractivity contribution in [1.82, 2.24) is 19.5 Å². The summed E-state index contributed by atoms with van der Waals surface area (Å²) in [6.07, 6.45) is -1.86. The number of fused-ring (bicyclic) bond motifs is 1. The Morgan fingerprint density at radius 1 is 1.14 bits per heavy atom. The molecule has 11 heteroatoms. The lowest BCUT2D eigenvalue weighted by atomic mass is 10.1. The fraction of sp³-hybridized carbons (Fsp3) is 0.353. The molecular weight excluding hydrogens is 525 g/mol. The smallest absolute Gasteiger partial charge is 0.337 e. The molecule has 4 heterocycles. The van der Waals surface area contributed by atoms with Crippen molar-refractivity contribution in [3.05, 3.63) is 37.8 Å². The van der Waals surface area contributed by atoms with Crippen LogP contribution in [0.4, 0.5) is 13.2 Å². The van der Waals surface area contributed by atoms with E-state index in [2.05, 4.69) is 41.9 Å². The van der Waals surface area contributed by atoms with Crippen LogP contribution in [0.15, 0.2) is 26.5 Å². The standard InChI is InChI=1S/C17H13Br2F3N4OS/c18-9-6-11(28-8-9)10-7-12(17(20,21)22)26-15(23-10)13(19)14(24-26)16(27)25-4-2-1-3-5-25/h6-8H,1-5H2. The van der Waals surface area contributed by atoms with Gasteiger partial charge in [0, 0.05) is 22.9 Å². The highest BCUT2D eigenvalue weighted by Crippen LogP contribution is 2.37. The van der Waals surface area contributed by atoms with Crippen LogP contribution in [0.5, 0.6) is 0 Å². The molecule has 0 saturated carbocycles. The molecule has 1 fully saturated rings. The molecule has 28 heavy (non-hydrogen) atoms. The third kappa shape index (κ3) is 3.59. The molecular formula is C17H13Br2F3N4OS. The van der Waals surface area contributed by atoms with E-state index in [-0.39, 0.29) is 27.4 Å². The van der Waals surface area contributed by atoms with Crippen molar-refractivity contribution in [3.8, 4) is 10.6 Å². The van der Waals surface area contributed by atoms with Crippen molar-refractivity contribution < 1.29 is 18.0 Å². The normalized spacial score (nSPS) is 15.4. The molecule has 1 aliphatic heterocycles. The summed E-state index contributed by atoms with van der Waals surface area (Å²) in [5.41, 5.74) is -0.886. The van der Waals surface area contributed by atoms with Gasteiger partial charge in [-0.1, -0.05) is 0 Å². The largest absolute Gasteiger partial charge is 0.433 e. The van der Waals surface area contributed by atoms with E-state index in [0.29, 0.717) is 22.5 Å². The van der Waals surface area contributed by atoms with E-state index in [1.807, 2.05) is 0 Å². The molecule has 1 aliphatic rings. The number of carbonyl (C=O) groups is 1. The van der Waals surface area contributed by atoms with Crippen LogP contribution >= 0.6 is 43.2 Å². The van der Waals surface area contributed by atoms with Gasteiger partial charge in [0.05, 0.1) is 15.0 Å². The Morgan fingerprint density at radius 3 is 2.46 bits per heavy atom. The number of amides is 1. The van der Waals surface area contributed by atoms with Crippen LogP contribution in [0.2, 0.25) is 0 Å². The van der Waals surface area contributed by atoms with Crippen LogP contribution in [0.1, 0.15) is 35.4 Å². The first-order valence-corrected chi connectivity index (χ1v) is 10.9. The van der Waals surface area contributed by atoms with E-state index in [1.54, 1.807) is 16.3 Å². The first-order chi connectivity index (χ1) is 13.3. The molecule has 3 aromatic heterocycles. The van der Waals surface area contributed by atoms with Crippen molar-refractivity contribution in [2.24, 2.45) is 0 Å². The van der Waals surface area contributed by atoms with E-state index in [4.69, 9.17) is 0 Å². The fourth-order valence-corrected chi connectivity index (χ4v) is 5.04. The quantitative estimate of drug-likeness (QED) is 0.426. The second-order valence-electron chi connectivity index (χ2n) is 6.40. The third-order valence-corrected chi connectivity index (χ3v) is 6.93. The lowest BCUT2D eigenvalue weighted by molar-refractivity contribution is -0.142. The van der Waals surface area contributed by atoms with Crippen LogP contribution in [0, 0.1) is 0 Å². The summed E-state index contributed by atoms with van der Waals surface area (Å²) in [6, 6.07) is 2.66.